The summed E-state index contributed by atoms with van der Waals surface area (Å²) < 4.78 is 31.5. The second-order valence-electron chi connectivity index (χ2n) is 5.11. The van der Waals surface area contributed by atoms with Gasteiger partial charge in [-0.1, -0.05) is 6.92 Å². The van der Waals surface area contributed by atoms with Gasteiger partial charge in [0, 0.05) is 26.2 Å². The van der Waals surface area contributed by atoms with Crippen molar-refractivity contribution in [3.05, 3.63) is 0 Å². The van der Waals surface area contributed by atoms with Crippen LogP contribution >= 0.6 is 0 Å². The first-order valence-corrected chi connectivity index (χ1v) is 8.30. The van der Waals surface area contributed by atoms with Gasteiger partial charge in [0.15, 0.2) is 0 Å². The molecule has 1 unspecified atom stereocenters. The van der Waals surface area contributed by atoms with Crippen molar-refractivity contribution in [1.29, 1.82) is 0 Å². The molecule has 108 valence electrons. The molecule has 0 N–H and O–H groups in total. The molecule has 0 spiro atoms. The molecule has 1 heterocycles. The summed E-state index contributed by atoms with van der Waals surface area (Å²) in [6, 6.07) is 0. The van der Waals surface area contributed by atoms with Crippen molar-refractivity contribution >= 4 is 10.0 Å². The third kappa shape index (κ3) is 5.22. The standard InChI is InChI=1S/C12H26N2O3S/c1-4-10-18(15,16)14(8-7-13(2)3)11-12-6-5-9-17-12/h12H,4-11H2,1-3H3. The van der Waals surface area contributed by atoms with Crippen molar-refractivity contribution in [2.75, 3.05) is 46.1 Å². The zero-order valence-electron chi connectivity index (χ0n) is 11.8. The van der Waals surface area contributed by atoms with E-state index < -0.39 is 10.0 Å². The average Bonchev–Trinajstić information content (AvgIpc) is 2.76. The number of hydrogen-bond donors (Lipinski definition) is 0. The zero-order valence-corrected chi connectivity index (χ0v) is 12.6. The van der Waals surface area contributed by atoms with Crippen molar-refractivity contribution in [3.63, 3.8) is 0 Å². The van der Waals surface area contributed by atoms with Gasteiger partial charge in [-0.2, -0.15) is 4.31 Å². The molecule has 1 aliphatic heterocycles. The van der Waals surface area contributed by atoms with Gasteiger partial charge in [-0.15, -0.1) is 0 Å². The highest BCUT2D eigenvalue weighted by molar-refractivity contribution is 7.89. The van der Waals surface area contributed by atoms with E-state index in [1.165, 1.54) is 0 Å². The summed E-state index contributed by atoms with van der Waals surface area (Å²) in [6.45, 7) is 4.47. The molecule has 0 amide bonds. The summed E-state index contributed by atoms with van der Waals surface area (Å²) in [6.07, 6.45) is 2.76. The summed E-state index contributed by atoms with van der Waals surface area (Å²) >= 11 is 0. The van der Waals surface area contributed by atoms with Crippen molar-refractivity contribution in [2.24, 2.45) is 0 Å². The van der Waals surface area contributed by atoms with Gasteiger partial charge in [-0.05, 0) is 33.4 Å². The molecule has 5 nitrogen and oxygen atoms in total. The Morgan fingerprint density at radius 2 is 2.00 bits per heavy atom. The van der Waals surface area contributed by atoms with E-state index in [1.807, 2.05) is 25.9 Å². The zero-order chi connectivity index (χ0) is 13.6. The van der Waals surface area contributed by atoms with Gasteiger partial charge in [-0.3, -0.25) is 0 Å². The molecular weight excluding hydrogens is 252 g/mol. The maximum absolute atomic E-state index is 12.2. The van der Waals surface area contributed by atoms with Crippen LogP contribution in [0.1, 0.15) is 26.2 Å². The van der Waals surface area contributed by atoms with E-state index >= 15 is 0 Å². The Hall–Kier alpha value is -0.170. The van der Waals surface area contributed by atoms with E-state index in [0.717, 1.165) is 26.0 Å². The molecule has 1 rings (SSSR count). The van der Waals surface area contributed by atoms with Crippen molar-refractivity contribution in [1.82, 2.24) is 9.21 Å². The van der Waals surface area contributed by atoms with Crippen LogP contribution in [-0.4, -0.2) is 69.8 Å². The Morgan fingerprint density at radius 1 is 1.28 bits per heavy atom. The SMILES string of the molecule is CCCS(=O)(=O)N(CCN(C)C)CC1CCCO1. The van der Waals surface area contributed by atoms with Crippen LogP contribution in [0, 0.1) is 0 Å². The van der Waals surface area contributed by atoms with Crippen LogP contribution in [0.5, 0.6) is 0 Å². The lowest BCUT2D eigenvalue weighted by Gasteiger charge is -2.26. The van der Waals surface area contributed by atoms with Crippen LogP contribution in [0.3, 0.4) is 0 Å². The molecule has 1 fully saturated rings. The molecule has 0 saturated carbocycles. The monoisotopic (exact) mass is 278 g/mol. The van der Waals surface area contributed by atoms with Gasteiger partial charge in [0.1, 0.15) is 0 Å². The fraction of sp³-hybridized carbons (Fsp3) is 1.00. The molecule has 0 aliphatic carbocycles. The molecule has 0 aromatic rings. The Morgan fingerprint density at radius 3 is 2.50 bits per heavy atom. The third-order valence-electron chi connectivity index (χ3n) is 3.08. The van der Waals surface area contributed by atoms with Gasteiger partial charge in [0.05, 0.1) is 11.9 Å². The summed E-state index contributed by atoms with van der Waals surface area (Å²) in [5, 5.41) is 0. The van der Waals surface area contributed by atoms with Gasteiger partial charge in [0.25, 0.3) is 0 Å². The maximum Gasteiger partial charge on any atom is 0.214 e. The van der Waals surface area contributed by atoms with E-state index in [2.05, 4.69) is 0 Å². The van der Waals surface area contributed by atoms with E-state index in [0.29, 0.717) is 19.5 Å². The Labute approximate surface area is 111 Å². The highest BCUT2D eigenvalue weighted by Gasteiger charge is 2.26. The van der Waals surface area contributed by atoms with Crippen LogP contribution in [-0.2, 0) is 14.8 Å². The number of nitrogens with zero attached hydrogens (tertiary/aromatic N) is 2. The van der Waals surface area contributed by atoms with Gasteiger partial charge < -0.3 is 9.64 Å². The Bertz CT molecular complexity index is 324. The van der Waals surface area contributed by atoms with Crippen LogP contribution in [0.25, 0.3) is 0 Å². The van der Waals surface area contributed by atoms with Gasteiger partial charge in [-0.25, -0.2) is 8.42 Å². The summed E-state index contributed by atoms with van der Waals surface area (Å²) in [7, 11) is 0.781. The van der Waals surface area contributed by atoms with Gasteiger partial charge in [0.2, 0.25) is 10.0 Å². The number of sulfonamides is 1. The highest BCUT2D eigenvalue weighted by Crippen LogP contribution is 2.15. The molecule has 0 aromatic carbocycles. The van der Waals surface area contributed by atoms with Crippen LogP contribution < -0.4 is 0 Å². The molecule has 0 bridgehead atoms. The van der Waals surface area contributed by atoms with Crippen molar-refractivity contribution in [3.8, 4) is 0 Å². The lowest BCUT2D eigenvalue weighted by atomic mass is 10.2. The number of hydrogen-bond acceptors (Lipinski definition) is 4. The van der Waals surface area contributed by atoms with E-state index in [9.17, 15) is 8.42 Å². The lowest BCUT2D eigenvalue weighted by Crippen LogP contribution is -2.42. The molecular formula is C12H26N2O3S. The van der Waals surface area contributed by atoms with Crippen molar-refractivity contribution < 1.29 is 13.2 Å². The number of rotatable bonds is 8. The quantitative estimate of drug-likeness (QED) is 0.658. The van der Waals surface area contributed by atoms with E-state index in [1.54, 1.807) is 4.31 Å². The van der Waals surface area contributed by atoms with Crippen molar-refractivity contribution in [2.45, 2.75) is 32.3 Å². The predicted molar refractivity (Wildman–Crippen MR) is 73.2 cm³/mol. The summed E-state index contributed by atoms with van der Waals surface area (Å²) in [5.74, 6) is 0.229. The van der Waals surface area contributed by atoms with Crippen LogP contribution in [0.4, 0.5) is 0 Å². The molecule has 1 aliphatic rings. The first kappa shape index (κ1) is 15.9. The average molecular weight is 278 g/mol. The maximum atomic E-state index is 12.2. The van der Waals surface area contributed by atoms with Crippen LogP contribution in [0.2, 0.25) is 0 Å². The van der Waals surface area contributed by atoms with Gasteiger partial charge >= 0.3 is 0 Å². The Balaban J connectivity index is 2.61. The molecule has 1 atom stereocenters. The predicted octanol–water partition coefficient (Wildman–Crippen LogP) is 0.769. The normalized spacial score (nSPS) is 21.1. The second kappa shape index (κ2) is 7.43. The topological polar surface area (TPSA) is 49.9 Å². The fourth-order valence-electron chi connectivity index (χ4n) is 2.06. The molecule has 0 radical (unpaired) electrons. The number of ether oxygens (including phenoxy) is 1. The minimum Gasteiger partial charge on any atom is -0.377 e. The minimum atomic E-state index is -3.13. The van der Waals surface area contributed by atoms with E-state index in [-0.39, 0.29) is 11.9 Å². The molecule has 18 heavy (non-hydrogen) atoms. The lowest BCUT2D eigenvalue weighted by molar-refractivity contribution is 0.0925. The molecule has 6 heteroatoms. The second-order valence-corrected chi connectivity index (χ2v) is 7.20. The molecule has 0 aromatic heterocycles. The summed E-state index contributed by atoms with van der Waals surface area (Å²) in [4.78, 5) is 2.00. The summed E-state index contributed by atoms with van der Waals surface area (Å²) in [5.41, 5.74) is 0. The largest absolute Gasteiger partial charge is 0.377 e. The smallest absolute Gasteiger partial charge is 0.214 e. The van der Waals surface area contributed by atoms with E-state index in [4.69, 9.17) is 4.74 Å². The first-order valence-electron chi connectivity index (χ1n) is 6.70. The Kier molecular flexibility index (Phi) is 6.55. The van der Waals surface area contributed by atoms with Crippen LogP contribution in [0.15, 0.2) is 0 Å². The number of likely N-dealkylation sites (N-methyl/N-ethyl adjacent to an activating group) is 1. The highest BCUT2D eigenvalue weighted by atomic mass is 32.2. The first-order chi connectivity index (χ1) is 8.45. The molecule has 1 saturated heterocycles. The third-order valence-corrected chi connectivity index (χ3v) is 5.13. The fourth-order valence-corrected chi connectivity index (χ4v) is 3.59. The minimum absolute atomic E-state index is 0.0822.